The van der Waals surface area contributed by atoms with Gasteiger partial charge in [0.2, 0.25) is 11.8 Å². The van der Waals surface area contributed by atoms with E-state index < -0.39 is 0 Å². The lowest BCUT2D eigenvalue weighted by Gasteiger charge is -2.28. The molecule has 2 amide bonds. The lowest BCUT2D eigenvalue weighted by atomic mass is 9.81. The summed E-state index contributed by atoms with van der Waals surface area (Å²) in [5.41, 5.74) is 3.38. The summed E-state index contributed by atoms with van der Waals surface area (Å²) in [4.78, 5) is 27.1. The van der Waals surface area contributed by atoms with Crippen LogP contribution in [-0.2, 0) is 22.4 Å². The minimum Gasteiger partial charge on any atom is -0.355 e. The monoisotopic (exact) mass is 373 g/mol. The van der Waals surface area contributed by atoms with E-state index in [0.29, 0.717) is 6.54 Å². The third-order valence-electron chi connectivity index (χ3n) is 5.57. The highest BCUT2D eigenvalue weighted by molar-refractivity contribution is 5.94. The van der Waals surface area contributed by atoms with Gasteiger partial charge in [-0.05, 0) is 63.7 Å². The molecule has 0 unspecified atom stereocenters. The van der Waals surface area contributed by atoms with Crippen LogP contribution in [0, 0.1) is 11.8 Å². The van der Waals surface area contributed by atoms with Crippen LogP contribution in [0.25, 0.3) is 0 Å². The van der Waals surface area contributed by atoms with Crippen LogP contribution in [0.1, 0.15) is 50.7 Å². The van der Waals surface area contributed by atoms with Gasteiger partial charge >= 0.3 is 0 Å². The molecule has 2 rings (SSSR count). The third kappa shape index (κ3) is 6.06. The molecule has 0 bridgehead atoms. The highest BCUT2D eigenvalue weighted by atomic mass is 16.2. The molecule has 0 aliphatic heterocycles. The summed E-state index contributed by atoms with van der Waals surface area (Å²) in [5.74, 6) is 0.299. The summed E-state index contributed by atoms with van der Waals surface area (Å²) in [6, 6.07) is 6.24. The molecule has 0 spiro atoms. The van der Waals surface area contributed by atoms with E-state index in [0.717, 1.165) is 50.8 Å². The maximum absolute atomic E-state index is 12.8. The first-order chi connectivity index (χ1) is 13.0. The molecule has 2 N–H and O–H groups in total. The lowest BCUT2D eigenvalue weighted by Crippen LogP contribution is -2.38. The van der Waals surface area contributed by atoms with Gasteiger partial charge in [-0.25, -0.2) is 0 Å². The average molecular weight is 374 g/mol. The number of hydrogen-bond acceptors (Lipinski definition) is 3. The standard InChI is InChI=1S/C22H35N3O2/c1-5-16-8-7-9-17(6-2)20(16)24-22(27)19-12-10-18(11-13-19)21(26)23-14-15-25(3)4/h7-9,18-19H,5-6,10-15H2,1-4H3,(H,23,26)(H,24,27). The molecule has 150 valence electrons. The molecular formula is C22H35N3O2. The zero-order chi connectivity index (χ0) is 19.8. The summed E-state index contributed by atoms with van der Waals surface area (Å²) in [5, 5.41) is 6.21. The minimum absolute atomic E-state index is 0.00504. The van der Waals surface area contributed by atoms with E-state index >= 15 is 0 Å². The van der Waals surface area contributed by atoms with Gasteiger partial charge in [-0.2, -0.15) is 0 Å². The number of carbonyl (C=O) groups is 2. The number of para-hydroxylation sites is 1. The molecule has 5 heteroatoms. The Balaban J connectivity index is 1.88. The van der Waals surface area contributed by atoms with E-state index in [4.69, 9.17) is 0 Å². The number of rotatable bonds is 8. The second-order valence-corrected chi connectivity index (χ2v) is 7.79. The third-order valence-corrected chi connectivity index (χ3v) is 5.57. The summed E-state index contributed by atoms with van der Waals surface area (Å²) in [7, 11) is 3.99. The molecule has 0 atom stereocenters. The quantitative estimate of drug-likeness (QED) is 0.735. The molecule has 1 aromatic rings. The van der Waals surface area contributed by atoms with Crippen molar-refractivity contribution in [1.82, 2.24) is 10.2 Å². The first kappa shape index (κ1) is 21.4. The Kier molecular flexibility index (Phi) is 8.29. The number of carbonyl (C=O) groups excluding carboxylic acids is 2. The number of nitrogens with zero attached hydrogens (tertiary/aromatic N) is 1. The van der Waals surface area contributed by atoms with Crippen LogP contribution in [0.3, 0.4) is 0 Å². The van der Waals surface area contributed by atoms with Crippen LogP contribution in [0.4, 0.5) is 5.69 Å². The molecule has 27 heavy (non-hydrogen) atoms. The maximum atomic E-state index is 12.8. The van der Waals surface area contributed by atoms with Gasteiger partial charge in [0.05, 0.1) is 0 Å². The lowest BCUT2D eigenvalue weighted by molar-refractivity contribution is -0.128. The van der Waals surface area contributed by atoms with Gasteiger partial charge in [0, 0.05) is 30.6 Å². The number of anilines is 1. The molecule has 0 radical (unpaired) electrons. The van der Waals surface area contributed by atoms with E-state index in [9.17, 15) is 9.59 Å². The molecule has 1 saturated carbocycles. The zero-order valence-corrected chi connectivity index (χ0v) is 17.3. The van der Waals surface area contributed by atoms with Gasteiger partial charge in [0.1, 0.15) is 0 Å². The number of benzene rings is 1. The van der Waals surface area contributed by atoms with Gasteiger partial charge in [-0.1, -0.05) is 32.0 Å². The zero-order valence-electron chi connectivity index (χ0n) is 17.3. The first-order valence-corrected chi connectivity index (χ1v) is 10.3. The summed E-state index contributed by atoms with van der Waals surface area (Å²) >= 11 is 0. The predicted octanol–water partition coefficient (Wildman–Crippen LogP) is 3.23. The molecule has 1 fully saturated rings. The Morgan fingerprint density at radius 3 is 1.96 bits per heavy atom. The molecular weight excluding hydrogens is 338 g/mol. The van der Waals surface area contributed by atoms with E-state index in [2.05, 4.69) is 47.6 Å². The van der Waals surface area contributed by atoms with E-state index in [1.165, 1.54) is 11.1 Å². The Labute approximate surface area is 163 Å². The van der Waals surface area contributed by atoms with Gasteiger partial charge < -0.3 is 15.5 Å². The Morgan fingerprint density at radius 1 is 0.963 bits per heavy atom. The largest absolute Gasteiger partial charge is 0.355 e. The number of likely N-dealkylation sites (N-methyl/N-ethyl adjacent to an activating group) is 1. The van der Waals surface area contributed by atoms with Gasteiger partial charge in [-0.15, -0.1) is 0 Å². The topological polar surface area (TPSA) is 61.4 Å². The summed E-state index contributed by atoms with van der Waals surface area (Å²) in [6.45, 7) is 5.76. The molecule has 1 aliphatic rings. The number of amides is 2. The number of hydrogen-bond donors (Lipinski definition) is 2. The van der Waals surface area contributed by atoms with Crippen molar-refractivity contribution in [2.24, 2.45) is 11.8 Å². The second-order valence-electron chi connectivity index (χ2n) is 7.79. The molecule has 1 aromatic carbocycles. The smallest absolute Gasteiger partial charge is 0.227 e. The fraction of sp³-hybridized carbons (Fsp3) is 0.636. The van der Waals surface area contributed by atoms with E-state index in [1.54, 1.807) is 0 Å². The number of nitrogens with one attached hydrogen (secondary N) is 2. The van der Waals surface area contributed by atoms with Crippen LogP contribution in [0.5, 0.6) is 0 Å². The number of aryl methyl sites for hydroxylation is 2. The van der Waals surface area contributed by atoms with Crippen molar-refractivity contribution < 1.29 is 9.59 Å². The normalized spacial score (nSPS) is 19.7. The minimum atomic E-state index is 0.00504. The van der Waals surface area contributed by atoms with E-state index in [-0.39, 0.29) is 23.7 Å². The average Bonchev–Trinajstić information content (AvgIpc) is 2.67. The van der Waals surface area contributed by atoms with Crippen molar-refractivity contribution in [2.45, 2.75) is 52.4 Å². The summed E-state index contributed by atoms with van der Waals surface area (Å²) in [6.07, 6.45) is 4.97. The summed E-state index contributed by atoms with van der Waals surface area (Å²) < 4.78 is 0. The Hall–Kier alpha value is -1.88. The van der Waals surface area contributed by atoms with Crippen molar-refractivity contribution >= 4 is 17.5 Å². The highest BCUT2D eigenvalue weighted by Gasteiger charge is 2.30. The van der Waals surface area contributed by atoms with Crippen LogP contribution < -0.4 is 10.6 Å². The van der Waals surface area contributed by atoms with Crippen LogP contribution >= 0.6 is 0 Å². The molecule has 1 aliphatic carbocycles. The van der Waals surface area contributed by atoms with Crippen molar-refractivity contribution in [3.63, 3.8) is 0 Å². The van der Waals surface area contributed by atoms with Gasteiger partial charge in [-0.3, -0.25) is 9.59 Å². The van der Waals surface area contributed by atoms with Crippen LogP contribution in [-0.4, -0.2) is 43.9 Å². The molecule has 0 heterocycles. The fourth-order valence-electron chi connectivity index (χ4n) is 3.79. The fourth-order valence-corrected chi connectivity index (χ4v) is 3.79. The van der Waals surface area contributed by atoms with Crippen molar-refractivity contribution in [3.8, 4) is 0 Å². The van der Waals surface area contributed by atoms with Crippen LogP contribution in [0.15, 0.2) is 18.2 Å². The predicted molar refractivity (Wildman–Crippen MR) is 111 cm³/mol. The Bertz CT molecular complexity index is 612. The second kappa shape index (κ2) is 10.5. The van der Waals surface area contributed by atoms with E-state index in [1.807, 2.05) is 14.1 Å². The van der Waals surface area contributed by atoms with Crippen molar-refractivity contribution in [3.05, 3.63) is 29.3 Å². The Morgan fingerprint density at radius 2 is 1.48 bits per heavy atom. The molecule has 0 aromatic heterocycles. The first-order valence-electron chi connectivity index (χ1n) is 10.3. The van der Waals surface area contributed by atoms with Crippen molar-refractivity contribution in [2.75, 3.05) is 32.5 Å². The maximum Gasteiger partial charge on any atom is 0.227 e. The highest BCUT2D eigenvalue weighted by Crippen LogP contribution is 2.31. The SMILES string of the molecule is CCc1cccc(CC)c1NC(=O)C1CCC(C(=O)NCCN(C)C)CC1. The van der Waals surface area contributed by atoms with Crippen LogP contribution in [0.2, 0.25) is 0 Å². The molecule has 0 saturated heterocycles. The van der Waals surface area contributed by atoms with Gasteiger partial charge in [0.25, 0.3) is 0 Å². The molecule has 5 nitrogen and oxygen atoms in total. The van der Waals surface area contributed by atoms with Gasteiger partial charge in [0.15, 0.2) is 0 Å². The van der Waals surface area contributed by atoms with Crippen molar-refractivity contribution in [1.29, 1.82) is 0 Å².